The molecular formula is C13H22N4O5. The Kier molecular flexibility index (Phi) is 4.88. The summed E-state index contributed by atoms with van der Waals surface area (Å²) < 4.78 is 20.2. The first-order chi connectivity index (χ1) is 10.9. The van der Waals surface area contributed by atoms with Gasteiger partial charge in [-0.2, -0.15) is 0 Å². The summed E-state index contributed by atoms with van der Waals surface area (Å²) in [6.45, 7) is 1.53. The summed E-state index contributed by atoms with van der Waals surface area (Å²) in [4.78, 5) is 15.1. The number of nitrogen functional groups attached to an aromatic ring is 1. The summed E-state index contributed by atoms with van der Waals surface area (Å²) in [7, 11) is 0. The molecule has 9 nitrogen and oxygen atoms in total. The van der Waals surface area contributed by atoms with Crippen LogP contribution in [0.5, 0.6) is 0 Å². The topological polar surface area (TPSA) is 146 Å². The summed E-state index contributed by atoms with van der Waals surface area (Å²) in [6.07, 6.45) is -2.30. The van der Waals surface area contributed by atoms with Gasteiger partial charge in [0.1, 0.15) is 24.1 Å². The number of aliphatic hydroxyl groups excluding tert-OH is 2. The maximum absolute atomic E-state index is 11.3. The highest BCUT2D eigenvalue weighted by molar-refractivity contribution is 5.95. The van der Waals surface area contributed by atoms with Gasteiger partial charge in [0.15, 0.2) is 11.9 Å². The van der Waals surface area contributed by atoms with Crippen LogP contribution in [0.15, 0.2) is 6.33 Å². The molecule has 1 saturated heterocycles. The van der Waals surface area contributed by atoms with Gasteiger partial charge in [-0.3, -0.25) is 9.36 Å². The fourth-order valence-corrected chi connectivity index (χ4v) is 2.33. The highest BCUT2D eigenvalue weighted by Crippen LogP contribution is 2.34. The zero-order valence-electron chi connectivity index (χ0n) is 13.3. The second kappa shape index (κ2) is 7.05. The Balaban J connectivity index is 2.24. The standard InChI is InChI=1S/C13H22N4O5/c1-2-3-4-21-10-9(19)7(5-18)22-13(10)17-6-16-8(11(17)14)12(15)20/h6-7,9-10,13,18-19H,2-5,14H2,1H3,(H2,15,20)/t7-,9-,10-,13?/m1/s1/i3D/t3?,7-,9-,10-,13?. The van der Waals surface area contributed by atoms with E-state index in [2.05, 4.69) is 4.98 Å². The summed E-state index contributed by atoms with van der Waals surface area (Å²) in [5.74, 6) is -0.798. The first kappa shape index (κ1) is 15.2. The van der Waals surface area contributed by atoms with Crippen LogP contribution in [0.25, 0.3) is 0 Å². The molecule has 22 heavy (non-hydrogen) atoms. The van der Waals surface area contributed by atoms with Crippen LogP contribution in [0.1, 0.15) is 37.8 Å². The summed E-state index contributed by atoms with van der Waals surface area (Å²) in [5, 5.41) is 19.5. The Labute approximate surface area is 129 Å². The van der Waals surface area contributed by atoms with Crippen molar-refractivity contribution in [3.05, 3.63) is 12.0 Å². The fourth-order valence-electron chi connectivity index (χ4n) is 2.33. The third-order valence-electron chi connectivity index (χ3n) is 3.53. The number of carbonyl (C=O) groups is 1. The van der Waals surface area contributed by atoms with E-state index in [0.717, 1.165) is 0 Å². The van der Waals surface area contributed by atoms with Gasteiger partial charge < -0.3 is 31.2 Å². The molecule has 5 atom stereocenters. The van der Waals surface area contributed by atoms with Crippen molar-refractivity contribution in [2.24, 2.45) is 5.73 Å². The van der Waals surface area contributed by atoms with Crippen LogP contribution in [0.3, 0.4) is 0 Å². The summed E-state index contributed by atoms with van der Waals surface area (Å²) in [5.41, 5.74) is 10.9. The Morgan fingerprint density at radius 1 is 1.68 bits per heavy atom. The monoisotopic (exact) mass is 315 g/mol. The summed E-state index contributed by atoms with van der Waals surface area (Å²) >= 11 is 0. The Bertz CT molecular complexity index is 554. The van der Waals surface area contributed by atoms with Crippen molar-refractivity contribution in [2.75, 3.05) is 18.9 Å². The lowest BCUT2D eigenvalue weighted by atomic mass is 10.1. The molecular weight excluding hydrogens is 292 g/mol. The predicted octanol–water partition coefficient (Wildman–Crippen LogP) is -1.000. The van der Waals surface area contributed by atoms with Crippen LogP contribution in [-0.2, 0) is 9.47 Å². The molecule has 1 aliphatic heterocycles. The molecule has 1 fully saturated rings. The molecule has 1 aromatic heterocycles. The van der Waals surface area contributed by atoms with Gasteiger partial charge in [-0.05, 0) is 6.40 Å². The number of primary amides is 1. The number of anilines is 1. The third kappa shape index (κ3) is 3.07. The Morgan fingerprint density at radius 3 is 2.95 bits per heavy atom. The molecule has 0 radical (unpaired) electrons. The molecule has 1 amide bonds. The molecule has 0 saturated carbocycles. The van der Waals surface area contributed by atoms with Gasteiger partial charge in [0.05, 0.1) is 12.9 Å². The maximum atomic E-state index is 11.3. The van der Waals surface area contributed by atoms with E-state index >= 15 is 0 Å². The molecule has 0 spiro atoms. The second-order valence-electron chi connectivity index (χ2n) is 4.98. The quantitative estimate of drug-likeness (QED) is 0.504. The molecule has 0 aromatic carbocycles. The molecule has 9 heteroatoms. The smallest absolute Gasteiger partial charge is 0.271 e. The van der Waals surface area contributed by atoms with E-state index in [1.165, 1.54) is 10.9 Å². The zero-order valence-corrected chi connectivity index (χ0v) is 12.3. The lowest BCUT2D eigenvalue weighted by Gasteiger charge is -2.22. The number of amides is 1. The van der Waals surface area contributed by atoms with Crippen LogP contribution >= 0.6 is 0 Å². The minimum absolute atomic E-state index is 0.0141. The van der Waals surface area contributed by atoms with Crippen LogP contribution in [0, 0.1) is 0 Å². The molecule has 0 aliphatic carbocycles. The zero-order chi connectivity index (χ0) is 17.1. The molecule has 6 N–H and O–H groups in total. The Morgan fingerprint density at radius 2 is 2.41 bits per heavy atom. The van der Waals surface area contributed by atoms with Crippen molar-refractivity contribution in [3.8, 4) is 0 Å². The predicted molar refractivity (Wildman–Crippen MR) is 76.8 cm³/mol. The number of carbonyl (C=O) groups excluding carboxylic acids is 1. The number of aliphatic hydroxyl groups is 2. The van der Waals surface area contributed by atoms with Crippen LogP contribution in [0.2, 0.25) is 0 Å². The van der Waals surface area contributed by atoms with Crippen molar-refractivity contribution < 1.29 is 25.9 Å². The van der Waals surface area contributed by atoms with Gasteiger partial charge in [0.25, 0.3) is 5.91 Å². The maximum Gasteiger partial charge on any atom is 0.271 e. The lowest BCUT2D eigenvalue weighted by Crippen LogP contribution is -2.35. The van der Waals surface area contributed by atoms with Crippen LogP contribution < -0.4 is 11.5 Å². The molecule has 2 heterocycles. The van der Waals surface area contributed by atoms with E-state index in [-0.39, 0.29) is 18.1 Å². The van der Waals surface area contributed by atoms with Gasteiger partial charge in [0.2, 0.25) is 0 Å². The normalized spacial score (nSPS) is 30.2. The average Bonchev–Trinajstić information content (AvgIpc) is 3.05. The third-order valence-corrected chi connectivity index (χ3v) is 3.53. The van der Waals surface area contributed by atoms with Crippen molar-refractivity contribution in [1.29, 1.82) is 0 Å². The minimum Gasteiger partial charge on any atom is -0.394 e. The molecule has 0 bridgehead atoms. The number of aromatic nitrogens is 2. The number of rotatable bonds is 7. The first-order valence-corrected chi connectivity index (χ1v) is 7.01. The van der Waals surface area contributed by atoms with Gasteiger partial charge in [-0.1, -0.05) is 13.3 Å². The van der Waals surface area contributed by atoms with Crippen molar-refractivity contribution >= 4 is 11.7 Å². The number of hydrogen-bond acceptors (Lipinski definition) is 7. The van der Waals surface area contributed by atoms with E-state index < -0.39 is 43.5 Å². The van der Waals surface area contributed by atoms with E-state index in [1.54, 1.807) is 0 Å². The lowest BCUT2D eigenvalue weighted by molar-refractivity contribution is -0.0716. The second-order valence-corrected chi connectivity index (χ2v) is 4.98. The SMILES string of the molecule is [2H]C(CC)CO[C@H]1C(n2cnc(C(N)=O)c2N)O[C@H](CO)[C@H]1O. The summed E-state index contributed by atoms with van der Waals surface area (Å²) in [6, 6.07) is 0. The van der Waals surface area contributed by atoms with Gasteiger partial charge >= 0.3 is 0 Å². The number of nitrogens with two attached hydrogens (primary N) is 2. The highest BCUT2D eigenvalue weighted by atomic mass is 16.6. The Hall–Kier alpha value is -1.68. The molecule has 124 valence electrons. The fraction of sp³-hybridized carbons (Fsp3) is 0.692. The molecule has 2 rings (SSSR count). The number of nitrogens with zero attached hydrogens (tertiary/aromatic N) is 2. The van der Waals surface area contributed by atoms with Crippen molar-refractivity contribution in [1.82, 2.24) is 9.55 Å². The molecule has 1 aliphatic rings. The van der Waals surface area contributed by atoms with Crippen molar-refractivity contribution in [3.63, 3.8) is 0 Å². The number of hydrogen-bond donors (Lipinski definition) is 4. The molecule has 1 aromatic rings. The number of ether oxygens (including phenoxy) is 2. The van der Waals surface area contributed by atoms with Crippen molar-refractivity contribution in [2.45, 2.75) is 44.3 Å². The van der Waals surface area contributed by atoms with Gasteiger partial charge in [-0.15, -0.1) is 0 Å². The van der Waals surface area contributed by atoms with Gasteiger partial charge in [0, 0.05) is 7.98 Å². The van der Waals surface area contributed by atoms with E-state index in [1.807, 2.05) is 6.92 Å². The van der Waals surface area contributed by atoms with E-state index in [4.69, 9.17) is 22.3 Å². The first-order valence-electron chi connectivity index (χ1n) is 7.58. The minimum atomic E-state index is -1.10. The van der Waals surface area contributed by atoms with E-state index in [9.17, 15) is 15.0 Å². The van der Waals surface area contributed by atoms with Gasteiger partial charge in [-0.25, -0.2) is 4.98 Å². The van der Waals surface area contributed by atoms with E-state index in [0.29, 0.717) is 6.42 Å². The largest absolute Gasteiger partial charge is 0.394 e. The average molecular weight is 315 g/mol. The van der Waals surface area contributed by atoms with Crippen LogP contribution in [-0.4, -0.2) is 57.2 Å². The van der Waals surface area contributed by atoms with Crippen LogP contribution in [0.4, 0.5) is 5.82 Å². The molecule has 2 unspecified atom stereocenters. The highest BCUT2D eigenvalue weighted by Gasteiger charge is 2.46. The number of imidazole rings is 1.